The Labute approximate surface area is 157 Å². The van der Waals surface area contributed by atoms with E-state index in [1.165, 1.54) is 0 Å². The number of nitrogens with zero attached hydrogens (tertiary/aromatic N) is 2. The lowest BCUT2D eigenvalue weighted by molar-refractivity contribution is -0.139. The Balaban J connectivity index is 1.81. The van der Waals surface area contributed by atoms with E-state index >= 15 is 0 Å². The molecule has 1 aliphatic heterocycles. The number of halogens is 2. The van der Waals surface area contributed by atoms with Crippen molar-refractivity contribution < 1.29 is 14.7 Å². The Kier molecular flexibility index (Phi) is 7.50. The lowest BCUT2D eigenvalue weighted by atomic mass is 10.0. The molecular weight excluding hydrogens is 365 g/mol. The lowest BCUT2D eigenvalue weighted by Crippen LogP contribution is -2.48. The summed E-state index contributed by atoms with van der Waals surface area (Å²) in [6.07, 6.45) is 1.71. The van der Waals surface area contributed by atoms with E-state index in [4.69, 9.17) is 28.3 Å². The van der Waals surface area contributed by atoms with Crippen LogP contribution in [0.25, 0.3) is 0 Å². The Morgan fingerprint density at radius 3 is 2.56 bits per heavy atom. The number of hydrogen-bond acceptors (Lipinski definition) is 4. The number of piperidine rings is 1. The zero-order valence-electron chi connectivity index (χ0n) is 14.2. The molecule has 6 nitrogen and oxygen atoms in total. The van der Waals surface area contributed by atoms with Gasteiger partial charge in [0.2, 0.25) is 5.91 Å². The van der Waals surface area contributed by atoms with Gasteiger partial charge in [-0.1, -0.05) is 30.1 Å². The summed E-state index contributed by atoms with van der Waals surface area (Å²) in [6, 6.07) is 5.20. The third-order valence-electron chi connectivity index (χ3n) is 4.39. The summed E-state index contributed by atoms with van der Waals surface area (Å²) in [5.41, 5.74) is 0.546. The van der Waals surface area contributed by atoms with E-state index in [9.17, 15) is 9.59 Å². The molecule has 25 heavy (non-hydrogen) atoms. The number of amides is 1. The maximum absolute atomic E-state index is 12.2. The van der Waals surface area contributed by atoms with Crippen molar-refractivity contribution in [2.45, 2.75) is 25.8 Å². The first-order valence-corrected chi connectivity index (χ1v) is 9.07. The minimum atomic E-state index is -0.802. The fraction of sp³-hybridized carbons (Fsp3) is 0.529. The summed E-state index contributed by atoms with van der Waals surface area (Å²) in [5.74, 6) is -0.927. The molecule has 0 aromatic heterocycles. The molecule has 0 saturated carbocycles. The van der Waals surface area contributed by atoms with Crippen LogP contribution in [-0.4, -0.2) is 65.5 Å². The number of carboxylic acids is 1. The van der Waals surface area contributed by atoms with Gasteiger partial charge in [0.25, 0.3) is 0 Å². The molecule has 8 heteroatoms. The fourth-order valence-corrected chi connectivity index (χ4v) is 3.55. The fourth-order valence-electron chi connectivity index (χ4n) is 3.10. The summed E-state index contributed by atoms with van der Waals surface area (Å²) in [7, 11) is 0. The van der Waals surface area contributed by atoms with Gasteiger partial charge in [-0.05, 0) is 37.6 Å². The Morgan fingerprint density at radius 1 is 1.32 bits per heavy atom. The standard InChI is InChI=1S/C17H23Cl2N3O3/c1-2-22(11-17(24)25)13-5-7-21(8-6-13)10-16(23)20-15-4-3-12(18)9-14(15)19/h3-4,9,13H,2,5-8,10-11H2,1H3,(H,20,23)(H,24,25). The second-order valence-electron chi connectivity index (χ2n) is 6.14. The summed E-state index contributed by atoms with van der Waals surface area (Å²) in [6.45, 7) is 4.57. The molecule has 0 aliphatic carbocycles. The van der Waals surface area contributed by atoms with Crippen LogP contribution in [0.15, 0.2) is 18.2 Å². The van der Waals surface area contributed by atoms with E-state index in [1.807, 2.05) is 11.8 Å². The molecule has 0 bridgehead atoms. The third kappa shape index (κ3) is 6.15. The minimum Gasteiger partial charge on any atom is -0.480 e. The number of carboxylic acid groups (broad SMARTS) is 1. The molecule has 0 unspecified atom stereocenters. The Morgan fingerprint density at radius 2 is 2.00 bits per heavy atom. The summed E-state index contributed by atoms with van der Waals surface area (Å²) in [4.78, 5) is 27.2. The number of likely N-dealkylation sites (tertiary alicyclic amines) is 1. The molecule has 138 valence electrons. The number of rotatable bonds is 7. The number of carbonyl (C=O) groups excluding carboxylic acids is 1. The van der Waals surface area contributed by atoms with Crippen molar-refractivity contribution in [1.29, 1.82) is 0 Å². The molecule has 1 heterocycles. The maximum Gasteiger partial charge on any atom is 0.317 e. The number of aliphatic carboxylic acids is 1. The highest BCUT2D eigenvalue weighted by Gasteiger charge is 2.25. The smallest absolute Gasteiger partial charge is 0.317 e. The van der Waals surface area contributed by atoms with Gasteiger partial charge in [0, 0.05) is 24.2 Å². The van der Waals surface area contributed by atoms with Gasteiger partial charge in [0.15, 0.2) is 0 Å². The molecule has 0 atom stereocenters. The average Bonchev–Trinajstić information content (AvgIpc) is 2.56. The minimum absolute atomic E-state index is 0.0662. The largest absolute Gasteiger partial charge is 0.480 e. The average molecular weight is 388 g/mol. The predicted octanol–water partition coefficient (Wildman–Crippen LogP) is 2.80. The highest BCUT2D eigenvalue weighted by Crippen LogP contribution is 2.25. The van der Waals surface area contributed by atoms with Crippen molar-refractivity contribution in [3.05, 3.63) is 28.2 Å². The van der Waals surface area contributed by atoms with Crippen LogP contribution in [0, 0.1) is 0 Å². The zero-order valence-corrected chi connectivity index (χ0v) is 15.7. The molecular formula is C17H23Cl2N3O3. The van der Waals surface area contributed by atoms with Gasteiger partial charge >= 0.3 is 5.97 Å². The molecule has 2 N–H and O–H groups in total. The zero-order chi connectivity index (χ0) is 18.4. The summed E-state index contributed by atoms with van der Waals surface area (Å²) in [5, 5.41) is 12.7. The van der Waals surface area contributed by atoms with Crippen molar-refractivity contribution >= 4 is 40.8 Å². The van der Waals surface area contributed by atoms with Gasteiger partial charge < -0.3 is 10.4 Å². The van der Waals surface area contributed by atoms with Crippen molar-refractivity contribution in [2.24, 2.45) is 0 Å². The molecule has 0 radical (unpaired) electrons. The number of carbonyl (C=O) groups is 2. The third-order valence-corrected chi connectivity index (χ3v) is 4.94. The van der Waals surface area contributed by atoms with E-state index < -0.39 is 5.97 Å². The normalized spacial score (nSPS) is 16.2. The topological polar surface area (TPSA) is 72.9 Å². The van der Waals surface area contributed by atoms with Crippen LogP contribution in [0.1, 0.15) is 19.8 Å². The van der Waals surface area contributed by atoms with Crippen LogP contribution < -0.4 is 5.32 Å². The second-order valence-corrected chi connectivity index (χ2v) is 6.98. The van der Waals surface area contributed by atoms with Crippen molar-refractivity contribution in [2.75, 3.05) is 38.0 Å². The summed E-state index contributed by atoms with van der Waals surface area (Å²) >= 11 is 11.9. The highest BCUT2D eigenvalue weighted by molar-refractivity contribution is 6.36. The van der Waals surface area contributed by atoms with Crippen LogP contribution in [0.4, 0.5) is 5.69 Å². The highest BCUT2D eigenvalue weighted by atomic mass is 35.5. The first-order chi connectivity index (χ1) is 11.9. The van der Waals surface area contributed by atoms with Crippen molar-refractivity contribution in [3.8, 4) is 0 Å². The van der Waals surface area contributed by atoms with E-state index in [2.05, 4.69) is 10.2 Å². The Hall–Kier alpha value is -1.34. The van der Waals surface area contributed by atoms with Crippen molar-refractivity contribution in [1.82, 2.24) is 9.80 Å². The maximum atomic E-state index is 12.2. The van der Waals surface area contributed by atoms with E-state index in [1.54, 1.807) is 18.2 Å². The molecule has 1 saturated heterocycles. The van der Waals surface area contributed by atoms with Gasteiger partial charge in [-0.15, -0.1) is 0 Å². The van der Waals surface area contributed by atoms with Crippen molar-refractivity contribution in [3.63, 3.8) is 0 Å². The number of hydrogen-bond donors (Lipinski definition) is 2. The van der Waals surface area contributed by atoms with Gasteiger partial charge in [0.1, 0.15) is 0 Å². The van der Waals surface area contributed by atoms with Crippen LogP contribution in [0.3, 0.4) is 0 Å². The van der Waals surface area contributed by atoms with Crippen LogP contribution >= 0.6 is 23.2 Å². The number of likely N-dealkylation sites (N-methyl/N-ethyl adjacent to an activating group) is 1. The second kappa shape index (κ2) is 9.38. The Bertz CT molecular complexity index is 619. The van der Waals surface area contributed by atoms with Gasteiger partial charge in [-0.3, -0.25) is 19.4 Å². The number of nitrogens with one attached hydrogen (secondary N) is 1. The van der Waals surface area contributed by atoms with Gasteiger partial charge in [0.05, 0.1) is 23.8 Å². The molecule has 1 aromatic carbocycles. The summed E-state index contributed by atoms with van der Waals surface area (Å²) < 4.78 is 0. The van der Waals surface area contributed by atoms with E-state index in [0.717, 1.165) is 25.9 Å². The molecule has 1 amide bonds. The first-order valence-electron chi connectivity index (χ1n) is 8.32. The van der Waals surface area contributed by atoms with E-state index in [-0.39, 0.29) is 25.0 Å². The van der Waals surface area contributed by atoms with Crippen LogP contribution in [-0.2, 0) is 9.59 Å². The monoisotopic (exact) mass is 387 g/mol. The molecule has 0 spiro atoms. The van der Waals surface area contributed by atoms with Gasteiger partial charge in [-0.2, -0.15) is 0 Å². The number of benzene rings is 1. The molecule has 2 rings (SSSR count). The molecule has 1 aliphatic rings. The molecule has 1 aromatic rings. The SMILES string of the molecule is CCN(CC(=O)O)C1CCN(CC(=O)Nc2ccc(Cl)cc2Cl)CC1. The van der Waals surface area contributed by atoms with Gasteiger partial charge in [-0.25, -0.2) is 0 Å². The predicted molar refractivity (Wildman–Crippen MR) is 99.4 cm³/mol. The van der Waals surface area contributed by atoms with E-state index in [0.29, 0.717) is 22.3 Å². The number of anilines is 1. The quantitative estimate of drug-likeness (QED) is 0.752. The van der Waals surface area contributed by atoms with Crippen LogP contribution in [0.2, 0.25) is 10.0 Å². The first kappa shape index (κ1) is 20.0. The van der Waals surface area contributed by atoms with Crippen LogP contribution in [0.5, 0.6) is 0 Å². The molecule has 1 fully saturated rings. The lowest BCUT2D eigenvalue weighted by Gasteiger charge is -2.37.